The molecular weight excluding hydrogens is 228 g/mol. The highest BCUT2D eigenvalue weighted by atomic mass is 79.9. The molecular formula is C5H9BrN2O2Si. The lowest BCUT2D eigenvalue weighted by Crippen LogP contribution is -2.34. The van der Waals surface area contributed by atoms with E-state index in [1.54, 1.807) is 4.90 Å². The van der Waals surface area contributed by atoms with Crippen LogP contribution in [0.4, 0.5) is 4.79 Å². The van der Waals surface area contributed by atoms with Gasteiger partial charge in [-0.05, 0) is 0 Å². The first-order valence-electron chi connectivity index (χ1n) is 3.28. The maximum absolute atomic E-state index is 10.9. The number of hydrogen-bond acceptors (Lipinski definition) is 2. The number of carbonyl (C=O) groups is 1. The number of aliphatic hydroxyl groups is 1. The normalized spacial score (nSPS) is 20.2. The summed E-state index contributed by atoms with van der Waals surface area (Å²) in [6.45, 7) is 1.48. The fraction of sp³-hybridized carbons (Fsp3) is 0.800. The lowest BCUT2D eigenvalue weighted by molar-refractivity contribution is 0.223. The second-order valence-corrected chi connectivity index (χ2v) is 5.18. The van der Waals surface area contributed by atoms with Gasteiger partial charge >= 0.3 is 6.03 Å². The molecule has 2 amide bonds. The average molecular weight is 237 g/mol. The molecule has 1 atom stereocenters. The first-order valence-corrected chi connectivity index (χ1v) is 5.48. The molecule has 2 radical (unpaired) electrons. The van der Waals surface area contributed by atoms with Gasteiger partial charge in [-0.1, -0.05) is 15.9 Å². The molecule has 62 valence electrons. The van der Waals surface area contributed by atoms with Crippen LogP contribution in [0.25, 0.3) is 0 Å². The van der Waals surface area contributed by atoms with Gasteiger partial charge in [0.25, 0.3) is 0 Å². The Morgan fingerprint density at radius 1 is 1.91 bits per heavy atom. The van der Waals surface area contributed by atoms with E-state index in [1.807, 2.05) is 0 Å². The standard InChI is InChI=1S/C5H9BrN2O2Si/c6-4(9)11-3-8-2-1-7-5(8)10/h4,9H,1-3H2,(H,7,10). The van der Waals surface area contributed by atoms with Crippen LogP contribution < -0.4 is 5.32 Å². The van der Waals surface area contributed by atoms with Gasteiger partial charge in [-0.3, -0.25) is 0 Å². The highest BCUT2D eigenvalue weighted by molar-refractivity contribution is 9.10. The highest BCUT2D eigenvalue weighted by Gasteiger charge is 2.19. The van der Waals surface area contributed by atoms with Crippen molar-refractivity contribution < 1.29 is 9.90 Å². The maximum Gasteiger partial charge on any atom is 0.317 e. The number of hydrogen-bond donors (Lipinski definition) is 2. The Bertz CT molecular complexity index is 155. The summed E-state index contributed by atoms with van der Waals surface area (Å²) in [6.07, 6.45) is 0.637. The van der Waals surface area contributed by atoms with E-state index in [2.05, 4.69) is 21.2 Å². The van der Waals surface area contributed by atoms with Crippen LogP contribution in [0, 0.1) is 0 Å². The zero-order valence-electron chi connectivity index (χ0n) is 5.88. The lowest BCUT2D eigenvalue weighted by Gasteiger charge is -2.12. The number of carbonyl (C=O) groups excluding carboxylic acids is 1. The van der Waals surface area contributed by atoms with Crippen LogP contribution in [0.5, 0.6) is 0 Å². The summed E-state index contributed by atoms with van der Waals surface area (Å²) in [5.74, 6) is 0. The van der Waals surface area contributed by atoms with E-state index in [4.69, 9.17) is 5.11 Å². The van der Waals surface area contributed by atoms with Crippen molar-refractivity contribution >= 4 is 31.5 Å². The molecule has 1 fully saturated rings. The number of nitrogens with one attached hydrogen (secondary N) is 1. The molecule has 0 bridgehead atoms. The summed E-state index contributed by atoms with van der Waals surface area (Å²) >= 11 is 3.01. The minimum absolute atomic E-state index is 0.0225. The second-order valence-electron chi connectivity index (χ2n) is 2.19. The molecule has 1 rings (SSSR count). The van der Waals surface area contributed by atoms with Gasteiger partial charge in [0.05, 0.1) is 4.64 Å². The highest BCUT2D eigenvalue weighted by Crippen LogP contribution is 1.97. The second kappa shape index (κ2) is 4.08. The van der Waals surface area contributed by atoms with Crippen LogP contribution in [0.3, 0.4) is 0 Å². The summed E-state index contributed by atoms with van der Waals surface area (Å²) in [4.78, 5) is 12.6. The number of alkyl halides is 1. The van der Waals surface area contributed by atoms with E-state index in [0.717, 1.165) is 13.1 Å². The van der Waals surface area contributed by atoms with Crippen LogP contribution in [-0.4, -0.2) is 49.5 Å². The first kappa shape index (κ1) is 9.02. The number of aliphatic hydroxyl groups excluding tert-OH is 1. The van der Waals surface area contributed by atoms with E-state index in [1.165, 1.54) is 0 Å². The van der Waals surface area contributed by atoms with E-state index in [0.29, 0.717) is 15.7 Å². The molecule has 1 aliphatic heterocycles. The van der Waals surface area contributed by atoms with Crippen molar-refractivity contribution in [2.75, 3.05) is 19.3 Å². The largest absolute Gasteiger partial charge is 0.386 e. The summed E-state index contributed by atoms with van der Waals surface area (Å²) in [5.41, 5.74) is 0. The Hall–Kier alpha value is -0.0731. The van der Waals surface area contributed by atoms with Gasteiger partial charge in [-0.15, -0.1) is 0 Å². The predicted molar refractivity (Wildman–Crippen MR) is 45.7 cm³/mol. The number of rotatable bonds is 3. The summed E-state index contributed by atoms with van der Waals surface area (Å²) in [6, 6.07) is -0.0225. The van der Waals surface area contributed by atoms with E-state index >= 15 is 0 Å². The van der Waals surface area contributed by atoms with Crippen molar-refractivity contribution in [3.63, 3.8) is 0 Å². The van der Waals surface area contributed by atoms with Crippen LogP contribution in [0.1, 0.15) is 0 Å². The zero-order valence-corrected chi connectivity index (χ0v) is 8.47. The van der Waals surface area contributed by atoms with Crippen molar-refractivity contribution in [1.29, 1.82) is 0 Å². The summed E-state index contributed by atoms with van der Waals surface area (Å²) in [7, 11) is 0.346. The Labute approximate surface area is 75.9 Å². The average Bonchev–Trinajstić information content (AvgIpc) is 2.31. The Morgan fingerprint density at radius 2 is 2.64 bits per heavy atom. The van der Waals surface area contributed by atoms with Crippen LogP contribution in [0.15, 0.2) is 0 Å². The van der Waals surface area contributed by atoms with Crippen molar-refractivity contribution in [1.82, 2.24) is 10.2 Å². The molecule has 0 aromatic rings. The third-order valence-corrected chi connectivity index (χ3v) is 3.27. The van der Waals surface area contributed by atoms with Crippen LogP contribution >= 0.6 is 15.9 Å². The molecule has 0 aromatic heterocycles. The summed E-state index contributed by atoms with van der Waals surface area (Å²) < 4.78 is -0.476. The minimum atomic E-state index is -0.476. The number of halogens is 1. The third-order valence-electron chi connectivity index (χ3n) is 1.40. The van der Waals surface area contributed by atoms with Crippen molar-refractivity contribution in [3.8, 4) is 0 Å². The lowest BCUT2D eigenvalue weighted by atomic mass is 10.7. The molecule has 1 unspecified atom stereocenters. The van der Waals surface area contributed by atoms with Gasteiger partial charge in [0.2, 0.25) is 0 Å². The maximum atomic E-state index is 10.9. The van der Waals surface area contributed by atoms with Crippen molar-refractivity contribution in [2.24, 2.45) is 0 Å². The number of urea groups is 1. The minimum Gasteiger partial charge on any atom is -0.386 e. The van der Waals surface area contributed by atoms with Gasteiger partial charge in [-0.25, -0.2) is 4.79 Å². The SMILES string of the molecule is O=C1NCCN1C[Si]C(O)Br. The van der Waals surface area contributed by atoms with Gasteiger partial charge in [0.15, 0.2) is 0 Å². The molecule has 0 spiro atoms. The molecule has 1 saturated heterocycles. The molecule has 0 aliphatic carbocycles. The van der Waals surface area contributed by atoms with Gasteiger partial charge < -0.3 is 15.3 Å². The molecule has 6 heteroatoms. The van der Waals surface area contributed by atoms with Crippen molar-refractivity contribution in [2.45, 2.75) is 4.64 Å². The van der Waals surface area contributed by atoms with Gasteiger partial charge in [0.1, 0.15) is 9.52 Å². The predicted octanol–water partition coefficient (Wildman–Crippen LogP) is -0.656. The number of amides is 2. The molecule has 11 heavy (non-hydrogen) atoms. The molecule has 1 aliphatic rings. The molecule has 4 nitrogen and oxygen atoms in total. The fourth-order valence-electron chi connectivity index (χ4n) is 0.848. The molecule has 2 N–H and O–H groups in total. The Morgan fingerprint density at radius 3 is 3.09 bits per heavy atom. The van der Waals surface area contributed by atoms with E-state index in [-0.39, 0.29) is 6.03 Å². The Kier molecular flexibility index (Phi) is 3.34. The molecule has 0 saturated carbocycles. The molecule has 1 heterocycles. The quantitative estimate of drug-likeness (QED) is 0.506. The monoisotopic (exact) mass is 236 g/mol. The number of nitrogens with zero attached hydrogens (tertiary/aromatic N) is 1. The van der Waals surface area contributed by atoms with E-state index in [9.17, 15) is 4.79 Å². The Balaban J connectivity index is 2.20. The topological polar surface area (TPSA) is 52.6 Å². The van der Waals surface area contributed by atoms with E-state index < -0.39 is 4.64 Å². The zero-order chi connectivity index (χ0) is 8.27. The van der Waals surface area contributed by atoms with Crippen molar-refractivity contribution in [3.05, 3.63) is 0 Å². The van der Waals surface area contributed by atoms with Crippen LogP contribution in [-0.2, 0) is 0 Å². The fourth-order valence-corrected chi connectivity index (χ4v) is 1.95. The molecule has 0 aromatic carbocycles. The summed E-state index contributed by atoms with van der Waals surface area (Å²) in [5, 5.41) is 11.6. The smallest absolute Gasteiger partial charge is 0.317 e. The first-order chi connectivity index (χ1) is 5.20. The van der Waals surface area contributed by atoms with Crippen LogP contribution in [0.2, 0.25) is 0 Å². The van der Waals surface area contributed by atoms with Gasteiger partial charge in [0, 0.05) is 19.3 Å². The third kappa shape index (κ3) is 2.80. The van der Waals surface area contributed by atoms with Gasteiger partial charge in [-0.2, -0.15) is 0 Å².